The van der Waals surface area contributed by atoms with Gasteiger partial charge in [0.15, 0.2) is 11.0 Å². The number of nitrogens with one attached hydrogen (secondary N) is 2. The van der Waals surface area contributed by atoms with E-state index in [9.17, 15) is 9.59 Å². The highest BCUT2D eigenvalue weighted by atomic mass is 32.2. The average molecular weight is 474 g/mol. The molecule has 34 heavy (non-hydrogen) atoms. The van der Waals surface area contributed by atoms with Gasteiger partial charge in [0.1, 0.15) is 5.75 Å². The lowest BCUT2D eigenvalue weighted by molar-refractivity contribution is -0.114. The Kier molecular flexibility index (Phi) is 7.24. The third kappa shape index (κ3) is 5.62. The van der Waals surface area contributed by atoms with Crippen molar-refractivity contribution in [3.05, 3.63) is 78.9 Å². The minimum absolute atomic E-state index is 0.132. The molecule has 0 saturated heterocycles. The van der Waals surface area contributed by atoms with Crippen molar-refractivity contribution in [2.24, 2.45) is 0 Å². The van der Waals surface area contributed by atoms with Crippen molar-refractivity contribution in [2.45, 2.75) is 12.1 Å². The number of amides is 2. The standard InChI is InChI=1S/C25H23N5O3S/c1-17(31)26-19-9-7-10-20(15-19)27-23(32)16-34-25-29-28-24(18-8-6-13-22(14-18)33-2)30(25)21-11-4-3-5-12-21/h3-15H,16H2,1-2H3,(H,26,31)(H,27,32). The lowest BCUT2D eigenvalue weighted by Gasteiger charge is -2.11. The molecule has 0 fully saturated rings. The molecule has 172 valence electrons. The first-order valence-electron chi connectivity index (χ1n) is 10.5. The summed E-state index contributed by atoms with van der Waals surface area (Å²) in [5.74, 6) is 1.13. The molecule has 3 aromatic carbocycles. The largest absolute Gasteiger partial charge is 0.497 e. The normalized spacial score (nSPS) is 10.5. The lowest BCUT2D eigenvalue weighted by Crippen LogP contribution is -2.15. The van der Waals surface area contributed by atoms with Crippen LogP contribution in [0.5, 0.6) is 5.75 Å². The van der Waals surface area contributed by atoms with Crippen molar-refractivity contribution < 1.29 is 14.3 Å². The van der Waals surface area contributed by atoms with Gasteiger partial charge in [0, 0.05) is 29.5 Å². The number of hydrogen-bond donors (Lipinski definition) is 2. The van der Waals surface area contributed by atoms with Gasteiger partial charge in [-0.3, -0.25) is 14.2 Å². The minimum Gasteiger partial charge on any atom is -0.497 e. The van der Waals surface area contributed by atoms with Gasteiger partial charge in [0.2, 0.25) is 11.8 Å². The van der Waals surface area contributed by atoms with E-state index in [0.29, 0.717) is 22.4 Å². The summed E-state index contributed by atoms with van der Waals surface area (Å²) in [5.41, 5.74) is 2.95. The smallest absolute Gasteiger partial charge is 0.234 e. The number of rotatable bonds is 8. The quantitative estimate of drug-likeness (QED) is 0.362. The minimum atomic E-state index is -0.199. The van der Waals surface area contributed by atoms with Crippen molar-refractivity contribution in [3.63, 3.8) is 0 Å². The molecule has 0 atom stereocenters. The number of methoxy groups -OCH3 is 1. The zero-order valence-corrected chi connectivity index (χ0v) is 19.5. The van der Waals surface area contributed by atoms with E-state index in [2.05, 4.69) is 20.8 Å². The van der Waals surface area contributed by atoms with Gasteiger partial charge in [0.25, 0.3) is 0 Å². The molecule has 0 saturated carbocycles. The van der Waals surface area contributed by atoms with Gasteiger partial charge in [-0.2, -0.15) is 0 Å². The van der Waals surface area contributed by atoms with Crippen LogP contribution in [0.3, 0.4) is 0 Å². The van der Waals surface area contributed by atoms with Gasteiger partial charge in [-0.05, 0) is 42.5 Å². The van der Waals surface area contributed by atoms with Crippen LogP contribution in [0, 0.1) is 0 Å². The number of nitrogens with zero attached hydrogens (tertiary/aromatic N) is 3. The third-order valence-electron chi connectivity index (χ3n) is 4.77. The molecule has 0 spiro atoms. The van der Waals surface area contributed by atoms with E-state index < -0.39 is 0 Å². The second kappa shape index (κ2) is 10.7. The van der Waals surface area contributed by atoms with E-state index in [4.69, 9.17) is 4.74 Å². The van der Waals surface area contributed by atoms with Crippen LogP contribution in [0.25, 0.3) is 17.1 Å². The Morgan fingerprint density at radius 2 is 1.65 bits per heavy atom. The molecule has 1 heterocycles. The summed E-state index contributed by atoms with van der Waals surface area (Å²) < 4.78 is 7.28. The first kappa shape index (κ1) is 23.1. The van der Waals surface area contributed by atoms with Gasteiger partial charge < -0.3 is 15.4 Å². The maximum Gasteiger partial charge on any atom is 0.234 e. The third-order valence-corrected chi connectivity index (χ3v) is 5.70. The van der Waals surface area contributed by atoms with E-state index in [1.807, 2.05) is 59.2 Å². The van der Waals surface area contributed by atoms with E-state index in [1.165, 1.54) is 18.7 Å². The maximum absolute atomic E-state index is 12.6. The van der Waals surface area contributed by atoms with Crippen molar-refractivity contribution in [3.8, 4) is 22.8 Å². The van der Waals surface area contributed by atoms with Crippen molar-refractivity contribution in [1.82, 2.24) is 14.8 Å². The Bertz CT molecular complexity index is 1310. The van der Waals surface area contributed by atoms with E-state index in [-0.39, 0.29) is 17.6 Å². The summed E-state index contributed by atoms with van der Waals surface area (Å²) in [5, 5.41) is 14.9. The van der Waals surface area contributed by atoms with E-state index in [1.54, 1.807) is 31.4 Å². The fourth-order valence-electron chi connectivity index (χ4n) is 3.33. The number of carbonyl (C=O) groups excluding carboxylic acids is 2. The zero-order valence-electron chi connectivity index (χ0n) is 18.7. The summed E-state index contributed by atoms with van der Waals surface area (Å²) in [6.45, 7) is 1.44. The second-order valence-corrected chi connectivity index (χ2v) is 8.25. The molecular formula is C25H23N5O3S. The second-order valence-electron chi connectivity index (χ2n) is 7.31. The molecule has 4 rings (SSSR count). The number of para-hydroxylation sites is 1. The summed E-state index contributed by atoms with van der Waals surface area (Å²) in [4.78, 5) is 23.9. The summed E-state index contributed by atoms with van der Waals surface area (Å²) in [6.07, 6.45) is 0. The molecule has 8 nitrogen and oxygen atoms in total. The van der Waals surface area contributed by atoms with Gasteiger partial charge in [-0.1, -0.05) is 48.2 Å². The van der Waals surface area contributed by atoms with Crippen LogP contribution in [-0.2, 0) is 9.59 Å². The number of ether oxygens (including phenoxy) is 1. The number of carbonyl (C=O) groups is 2. The van der Waals surface area contributed by atoms with Crippen molar-refractivity contribution in [1.29, 1.82) is 0 Å². The highest BCUT2D eigenvalue weighted by Gasteiger charge is 2.18. The monoisotopic (exact) mass is 473 g/mol. The fraction of sp³-hybridized carbons (Fsp3) is 0.120. The molecule has 2 N–H and O–H groups in total. The Labute approximate surface area is 201 Å². The van der Waals surface area contributed by atoms with Crippen LogP contribution in [0.1, 0.15) is 6.92 Å². The zero-order chi connectivity index (χ0) is 23.9. The topological polar surface area (TPSA) is 98.1 Å². The molecule has 0 aliphatic heterocycles. The predicted molar refractivity (Wildman–Crippen MR) is 133 cm³/mol. The van der Waals surface area contributed by atoms with E-state index >= 15 is 0 Å². The Balaban J connectivity index is 1.55. The van der Waals surface area contributed by atoms with Crippen molar-refractivity contribution in [2.75, 3.05) is 23.5 Å². The number of benzene rings is 3. The highest BCUT2D eigenvalue weighted by molar-refractivity contribution is 7.99. The molecule has 2 amide bonds. The van der Waals surface area contributed by atoms with Crippen LogP contribution in [0.4, 0.5) is 11.4 Å². The molecule has 0 radical (unpaired) electrons. The summed E-state index contributed by atoms with van der Waals surface area (Å²) >= 11 is 1.29. The molecule has 1 aromatic heterocycles. The SMILES string of the molecule is COc1cccc(-c2nnc(SCC(=O)Nc3cccc(NC(C)=O)c3)n2-c2ccccc2)c1. The van der Waals surface area contributed by atoms with Crippen LogP contribution in [-0.4, -0.2) is 39.4 Å². The van der Waals surface area contributed by atoms with Gasteiger partial charge in [-0.25, -0.2) is 0 Å². The number of anilines is 2. The average Bonchev–Trinajstić information content (AvgIpc) is 3.27. The molecule has 0 unspecified atom stereocenters. The van der Waals surface area contributed by atoms with Crippen LogP contribution < -0.4 is 15.4 Å². The Morgan fingerprint density at radius 3 is 2.38 bits per heavy atom. The lowest BCUT2D eigenvalue weighted by atomic mass is 10.2. The maximum atomic E-state index is 12.6. The van der Waals surface area contributed by atoms with Gasteiger partial charge in [-0.15, -0.1) is 10.2 Å². The van der Waals surface area contributed by atoms with Crippen LogP contribution in [0.15, 0.2) is 84.0 Å². The Morgan fingerprint density at radius 1 is 0.912 bits per heavy atom. The molecule has 9 heteroatoms. The molecule has 0 bridgehead atoms. The number of hydrogen-bond acceptors (Lipinski definition) is 6. The van der Waals surface area contributed by atoms with Gasteiger partial charge in [0.05, 0.1) is 12.9 Å². The Hall–Kier alpha value is -4.11. The molecule has 0 aliphatic rings. The number of aromatic nitrogens is 3. The first-order valence-corrected chi connectivity index (χ1v) is 11.5. The van der Waals surface area contributed by atoms with Crippen LogP contribution >= 0.6 is 11.8 Å². The van der Waals surface area contributed by atoms with Gasteiger partial charge >= 0.3 is 0 Å². The predicted octanol–water partition coefficient (Wildman–Crippen LogP) is 4.63. The number of thioether (sulfide) groups is 1. The molecule has 0 aliphatic carbocycles. The fourth-order valence-corrected chi connectivity index (χ4v) is 4.08. The summed E-state index contributed by atoms with van der Waals surface area (Å²) in [6, 6.07) is 24.3. The highest BCUT2D eigenvalue weighted by Crippen LogP contribution is 2.29. The summed E-state index contributed by atoms with van der Waals surface area (Å²) in [7, 11) is 1.62. The first-order chi connectivity index (χ1) is 16.5. The molecule has 4 aromatic rings. The van der Waals surface area contributed by atoms with E-state index in [0.717, 1.165) is 17.0 Å². The molecular weight excluding hydrogens is 450 g/mol. The van der Waals surface area contributed by atoms with Crippen molar-refractivity contribution >= 4 is 35.0 Å². The van der Waals surface area contributed by atoms with Crippen LogP contribution in [0.2, 0.25) is 0 Å².